The molecule has 2 N–H and O–H groups in total. The number of hydrogen-bond donors (Lipinski definition) is 1. The van der Waals surface area contributed by atoms with Crippen LogP contribution in [-0.4, -0.2) is 32.0 Å². The molecule has 0 bridgehead atoms. The van der Waals surface area contributed by atoms with Crippen molar-refractivity contribution in [2.24, 2.45) is 0 Å². The maximum absolute atomic E-state index is 11.8. The Kier molecular flexibility index (Phi) is 3.56. The lowest BCUT2D eigenvalue weighted by Gasteiger charge is -2.16. The second-order valence-corrected chi connectivity index (χ2v) is 5.27. The first-order chi connectivity index (χ1) is 8.56. The monoisotopic (exact) mass is 268 g/mol. The van der Waals surface area contributed by atoms with E-state index in [1.54, 1.807) is 0 Å². The smallest absolute Gasteiger partial charge is 0.343 e. The maximum Gasteiger partial charge on any atom is 0.343 e. The van der Waals surface area contributed by atoms with Gasteiger partial charge >= 0.3 is 5.97 Å². The maximum atomic E-state index is 11.8. The average Bonchev–Trinajstić information content (AvgIpc) is 2.94. The van der Waals surface area contributed by atoms with Crippen molar-refractivity contribution in [2.45, 2.75) is 19.8 Å². The normalized spacial score (nSPS) is 14.9. The van der Waals surface area contributed by atoms with Crippen LogP contribution in [0.2, 0.25) is 0 Å². The zero-order valence-corrected chi connectivity index (χ0v) is 11.3. The minimum absolute atomic E-state index is 0.117. The van der Waals surface area contributed by atoms with Crippen molar-refractivity contribution in [1.29, 1.82) is 0 Å². The predicted octanol–water partition coefficient (Wildman–Crippen LogP) is 1.92. The van der Waals surface area contributed by atoms with E-state index in [9.17, 15) is 9.59 Å². The van der Waals surface area contributed by atoms with E-state index in [1.165, 1.54) is 25.4 Å². The van der Waals surface area contributed by atoms with Crippen LogP contribution in [-0.2, 0) is 4.74 Å². The molecule has 1 aliphatic rings. The van der Waals surface area contributed by atoms with Crippen LogP contribution in [0.5, 0.6) is 0 Å². The van der Waals surface area contributed by atoms with Crippen molar-refractivity contribution in [2.75, 3.05) is 30.8 Å². The highest BCUT2D eigenvalue weighted by atomic mass is 32.1. The van der Waals surface area contributed by atoms with Crippen molar-refractivity contribution in [1.82, 2.24) is 0 Å². The van der Waals surface area contributed by atoms with E-state index in [0.29, 0.717) is 10.4 Å². The number of nitrogens with zero attached hydrogens (tertiary/aromatic N) is 1. The number of nitrogen functional groups attached to an aromatic ring is 1. The fourth-order valence-corrected chi connectivity index (χ4v) is 3.29. The Morgan fingerprint density at radius 1 is 1.33 bits per heavy atom. The van der Waals surface area contributed by atoms with Gasteiger partial charge in [-0.05, 0) is 12.8 Å². The highest BCUT2D eigenvalue weighted by molar-refractivity contribution is 7.19. The molecule has 98 valence electrons. The number of esters is 1. The van der Waals surface area contributed by atoms with Gasteiger partial charge in [-0.3, -0.25) is 4.79 Å². The van der Waals surface area contributed by atoms with Crippen LogP contribution in [0.25, 0.3) is 0 Å². The summed E-state index contributed by atoms with van der Waals surface area (Å²) in [5.41, 5.74) is 6.50. The number of ketones is 1. The van der Waals surface area contributed by atoms with Crippen molar-refractivity contribution < 1.29 is 14.3 Å². The molecule has 0 atom stereocenters. The SMILES string of the molecule is COC(=O)c1c(N2CCCC2)sc(C(C)=O)c1N. The molecule has 1 saturated heterocycles. The van der Waals surface area contributed by atoms with E-state index in [2.05, 4.69) is 4.90 Å². The summed E-state index contributed by atoms with van der Waals surface area (Å²) in [7, 11) is 1.32. The van der Waals surface area contributed by atoms with Crippen molar-refractivity contribution >= 4 is 33.8 Å². The summed E-state index contributed by atoms with van der Waals surface area (Å²) in [6.45, 7) is 3.24. The summed E-state index contributed by atoms with van der Waals surface area (Å²) in [5, 5.41) is 0.766. The predicted molar refractivity (Wildman–Crippen MR) is 71.5 cm³/mol. The first-order valence-corrected chi connectivity index (χ1v) is 6.64. The van der Waals surface area contributed by atoms with Crippen LogP contribution in [0.3, 0.4) is 0 Å². The number of methoxy groups -OCH3 is 1. The summed E-state index contributed by atoms with van der Waals surface area (Å²) in [6, 6.07) is 0. The number of hydrogen-bond acceptors (Lipinski definition) is 6. The number of carbonyl (C=O) groups is 2. The molecule has 2 heterocycles. The number of thiophene rings is 1. The Bertz CT molecular complexity index is 490. The summed E-state index contributed by atoms with van der Waals surface area (Å²) >= 11 is 1.29. The zero-order chi connectivity index (χ0) is 13.3. The lowest BCUT2D eigenvalue weighted by molar-refractivity contribution is 0.0603. The molecule has 0 aromatic carbocycles. The Morgan fingerprint density at radius 3 is 2.44 bits per heavy atom. The standard InChI is InChI=1S/C12H16N2O3S/c1-7(15)10-9(13)8(12(16)17-2)11(18-10)14-5-3-4-6-14/h3-6,13H2,1-2H3. The molecule has 5 nitrogen and oxygen atoms in total. The number of carbonyl (C=O) groups excluding carboxylic acids is 2. The largest absolute Gasteiger partial charge is 0.465 e. The molecule has 0 radical (unpaired) electrons. The van der Waals surface area contributed by atoms with Gasteiger partial charge < -0.3 is 15.4 Å². The molecule has 1 aromatic rings. The van der Waals surface area contributed by atoms with Gasteiger partial charge in [-0.25, -0.2) is 4.79 Å². The molecule has 0 aliphatic carbocycles. The topological polar surface area (TPSA) is 72.6 Å². The van der Waals surface area contributed by atoms with Crippen LogP contribution in [0.4, 0.5) is 10.7 Å². The molecule has 18 heavy (non-hydrogen) atoms. The Hall–Kier alpha value is -1.56. The Labute approximate surface area is 110 Å². The molecule has 2 rings (SSSR count). The molecular formula is C12H16N2O3S. The van der Waals surface area contributed by atoms with E-state index >= 15 is 0 Å². The lowest BCUT2D eigenvalue weighted by atomic mass is 10.2. The van der Waals surface area contributed by atoms with Crippen LogP contribution < -0.4 is 10.6 Å². The number of nitrogens with two attached hydrogens (primary N) is 1. The molecular weight excluding hydrogens is 252 g/mol. The third kappa shape index (κ3) is 2.08. The number of ether oxygens (including phenoxy) is 1. The zero-order valence-electron chi connectivity index (χ0n) is 10.5. The Morgan fingerprint density at radius 2 is 1.94 bits per heavy atom. The van der Waals surface area contributed by atoms with Crippen LogP contribution in [0, 0.1) is 0 Å². The average molecular weight is 268 g/mol. The van der Waals surface area contributed by atoms with Gasteiger partial charge in [-0.2, -0.15) is 0 Å². The van der Waals surface area contributed by atoms with Gasteiger partial charge in [0.25, 0.3) is 0 Å². The summed E-state index contributed by atoms with van der Waals surface area (Å²) < 4.78 is 4.76. The minimum atomic E-state index is -0.474. The molecule has 1 aliphatic heterocycles. The van der Waals surface area contributed by atoms with Gasteiger partial charge in [-0.15, -0.1) is 11.3 Å². The highest BCUT2D eigenvalue weighted by Gasteiger charge is 2.28. The van der Waals surface area contributed by atoms with E-state index in [0.717, 1.165) is 30.9 Å². The third-order valence-electron chi connectivity index (χ3n) is 3.03. The third-order valence-corrected chi connectivity index (χ3v) is 4.40. The van der Waals surface area contributed by atoms with Crippen LogP contribution >= 0.6 is 11.3 Å². The summed E-state index contributed by atoms with van der Waals surface area (Å²) in [4.78, 5) is 25.9. The summed E-state index contributed by atoms with van der Waals surface area (Å²) in [6.07, 6.45) is 2.18. The van der Waals surface area contributed by atoms with Gasteiger partial charge in [-0.1, -0.05) is 0 Å². The number of rotatable bonds is 3. The Balaban J connectivity index is 2.52. The second-order valence-electron chi connectivity index (χ2n) is 4.27. The van der Waals surface area contributed by atoms with E-state index in [4.69, 9.17) is 10.5 Å². The number of anilines is 2. The second kappa shape index (κ2) is 4.97. The molecule has 0 unspecified atom stereocenters. The first-order valence-electron chi connectivity index (χ1n) is 5.82. The molecule has 6 heteroatoms. The van der Waals surface area contributed by atoms with Crippen molar-refractivity contribution in [3.8, 4) is 0 Å². The van der Waals surface area contributed by atoms with Crippen LogP contribution in [0.15, 0.2) is 0 Å². The highest BCUT2D eigenvalue weighted by Crippen LogP contribution is 2.40. The van der Waals surface area contributed by atoms with Gasteiger partial charge in [0, 0.05) is 20.0 Å². The van der Waals surface area contributed by atoms with Gasteiger partial charge in [0.15, 0.2) is 5.78 Å². The van der Waals surface area contributed by atoms with E-state index in [1.807, 2.05) is 0 Å². The van der Waals surface area contributed by atoms with E-state index in [-0.39, 0.29) is 11.5 Å². The minimum Gasteiger partial charge on any atom is -0.465 e. The molecule has 0 saturated carbocycles. The fraction of sp³-hybridized carbons (Fsp3) is 0.500. The van der Waals surface area contributed by atoms with Gasteiger partial charge in [0.1, 0.15) is 10.6 Å². The van der Waals surface area contributed by atoms with Gasteiger partial charge in [0.2, 0.25) is 0 Å². The molecule has 0 amide bonds. The van der Waals surface area contributed by atoms with Crippen LogP contribution in [0.1, 0.15) is 39.8 Å². The van der Waals surface area contributed by atoms with Crippen molar-refractivity contribution in [3.63, 3.8) is 0 Å². The van der Waals surface area contributed by atoms with Gasteiger partial charge in [0.05, 0.1) is 17.7 Å². The van der Waals surface area contributed by atoms with Crippen molar-refractivity contribution in [3.05, 3.63) is 10.4 Å². The number of Topliss-reactive ketones (excluding diaryl/α,β-unsaturated/α-hetero) is 1. The lowest BCUT2D eigenvalue weighted by Crippen LogP contribution is -2.19. The molecule has 0 spiro atoms. The van der Waals surface area contributed by atoms with E-state index < -0.39 is 5.97 Å². The first kappa shape index (κ1) is 12.9. The quantitative estimate of drug-likeness (QED) is 0.669. The fourth-order valence-electron chi connectivity index (χ4n) is 2.14. The molecule has 1 aromatic heterocycles. The molecule has 1 fully saturated rings. The summed E-state index contributed by atoms with van der Waals surface area (Å²) in [5.74, 6) is -0.591.